The Labute approximate surface area is 150 Å². The van der Waals surface area contributed by atoms with E-state index >= 15 is 0 Å². The molecule has 0 spiro atoms. The van der Waals surface area contributed by atoms with Gasteiger partial charge in [0.2, 0.25) is 5.91 Å². The highest BCUT2D eigenvalue weighted by Gasteiger charge is 2.42. The lowest BCUT2D eigenvalue weighted by Crippen LogP contribution is -2.40. The van der Waals surface area contributed by atoms with Gasteiger partial charge in [0.05, 0.1) is 11.3 Å². The number of hydrogen-bond donors (Lipinski definition) is 1. The zero-order chi connectivity index (χ0) is 19.1. The molecule has 2 fully saturated rings. The quantitative estimate of drug-likeness (QED) is 0.874. The van der Waals surface area contributed by atoms with E-state index in [4.69, 9.17) is 0 Å². The van der Waals surface area contributed by atoms with Crippen molar-refractivity contribution in [3.05, 3.63) is 23.8 Å². The van der Waals surface area contributed by atoms with Gasteiger partial charge in [-0.25, -0.2) is 0 Å². The molecule has 0 saturated heterocycles. The van der Waals surface area contributed by atoms with Crippen LogP contribution in [0.15, 0.2) is 18.2 Å². The molecule has 4 nitrogen and oxygen atoms in total. The van der Waals surface area contributed by atoms with Gasteiger partial charge < -0.3 is 10.2 Å². The highest BCUT2D eigenvalue weighted by Crippen LogP contribution is 2.41. The van der Waals surface area contributed by atoms with Crippen LogP contribution >= 0.6 is 0 Å². The summed E-state index contributed by atoms with van der Waals surface area (Å²) < 4.78 is 40.2. The van der Waals surface area contributed by atoms with E-state index in [2.05, 4.69) is 5.32 Å². The summed E-state index contributed by atoms with van der Waals surface area (Å²) in [6, 6.07) is 3.88. The fourth-order valence-corrected chi connectivity index (χ4v) is 4.08. The zero-order valence-electron chi connectivity index (χ0n) is 14.9. The second kappa shape index (κ2) is 6.93. The van der Waals surface area contributed by atoms with Crippen LogP contribution in [0.4, 0.5) is 24.5 Å². The SMILES string of the molecule is CN(C)c1ccc(NC(=O)C2CC3CCCC(C2)C3=O)c(C(F)(F)F)c1. The number of anilines is 2. The standard InChI is InChI=1S/C19H23F3N2O2/c1-24(2)14-6-7-16(15(10-14)19(20,21)22)23-18(26)13-8-11-4-3-5-12(9-13)17(11)25/h6-7,10-13H,3-5,8-9H2,1-2H3,(H,23,26). The van der Waals surface area contributed by atoms with Crippen molar-refractivity contribution in [2.45, 2.75) is 38.3 Å². The molecule has 1 amide bonds. The molecule has 2 unspecified atom stereocenters. The number of alkyl halides is 3. The maximum Gasteiger partial charge on any atom is 0.418 e. The van der Waals surface area contributed by atoms with Crippen molar-refractivity contribution in [1.82, 2.24) is 0 Å². The second-order valence-corrected chi connectivity index (χ2v) is 7.51. The molecule has 7 heteroatoms. The third-order valence-corrected chi connectivity index (χ3v) is 5.50. The van der Waals surface area contributed by atoms with E-state index in [1.54, 1.807) is 25.1 Å². The molecule has 0 aromatic heterocycles. The lowest BCUT2D eigenvalue weighted by atomic mass is 9.67. The Bertz CT molecular complexity index is 699. The van der Waals surface area contributed by atoms with Gasteiger partial charge in [-0.15, -0.1) is 0 Å². The molecule has 0 aliphatic heterocycles. The minimum atomic E-state index is -4.56. The normalized spacial score (nSPS) is 25.7. The number of rotatable bonds is 3. The smallest absolute Gasteiger partial charge is 0.378 e. The number of hydrogen-bond acceptors (Lipinski definition) is 3. The van der Waals surface area contributed by atoms with Gasteiger partial charge in [0.15, 0.2) is 0 Å². The minimum Gasteiger partial charge on any atom is -0.378 e. The first kappa shape index (κ1) is 18.7. The summed E-state index contributed by atoms with van der Waals surface area (Å²) in [4.78, 5) is 26.3. The third kappa shape index (κ3) is 3.71. The van der Waals surface area contributed by atoms with Gasteiger partial charge in [-0.05, 0) is 43.9 Å². The Morgan fingerprint density at radius 2 is 1.77 bits per heavy atom. The van der Waals surface area contributed by atoms with Crippen molar-refractivity contribution in [3.63, 3.8) is 0 Å². The van der Waals surface area contributed by atoms with E-state index in [1.165, 1.54) is 6.07 Å². The van der Waals surface area contributed by atoms with Crippen molar-refractivity contribution in [2.24, 2.45) is 17.8 Å². The highest BCUT2D eigenvalue weighted by molar-refractivity contribution is 5.96. The van der Waals surface area contributed by atoms with E-state index in [1.807, 2.05) is 0 Å². The van der Waals surface area contributed by atoms with Gasteiger partial charge in [0, 0.05) is 37.5 Å². The molecule has 1 N–H and O–H groups in total. The summed E-state index contributed by atoms with van der Waals surface area (Å²) in [5.41, 5.74) is -0.674. The Kier molecular flexibility index (Phi) is 4.99. The molecule has 142 valence electrons. The van der Waals surface area contributed by atoms with Crippen LogP contribution in [0.25, 0.3) is 0 Å². The molecular formula is C19H23F3N2O2. The molecule has 0 heterocycles. The summed E-state index contributed by atoms with van der Waals surface area (Å²) in [6.07, 6.45) is -1.13. The monoisotopic (exact) mass is 368 g/mol. The number of ketones is 1. The Morgan fingerprint density at radius 1 is 1.15 bits per heavy atom. The molecule has 1 aromatic rings. The van der Waals surface area contributed by atoms with Gasteiger partial charge in [-0.3, -0.25) is 9.59 Å². The van der Waals surface area contributed by atoms with Crippen molar-refractivity contribution in [2.75, 3.05) is 24.3 Å². The molecule has 26 heavy (non-hydrogen) atoms. The first-order valence-electron chi connectivity index (χ1n) is 8.90. The topological polar surface area (TPSA) is 49.4 Å². The second-order valence-electron chi connectivity index (χ2n) is 7.51. The predicted molar refractivity (Wildman–Crippen MR) is 93.0 cm³/mol. The van der Waals surface area contributed by atoms with Crippen LogP contribution in [0.2, 0.25) is 0 Å². The lowest BCUT2D eigenvalue weighted by Gasteiger charge is -2.37. The third-order valence-electron chi connectivity index (χ3n) is 5.50. The van der Waals surface area contributed by atoms with Crippen molar-refractivity contribution >= 4 is 23.1 Å². The Hall–Kier alpha value is -2.05. The summed E-state index contributed by atoms with van der Waals surface area (Å²) in [7, 11) is 3.32. The van der Waals surface area contributed by atoms with Gasteiger partial charge in [0.25, 0.3) is 0 Å². The van der Waals surface area contributed by atoms with E-state index in [0.29, 0.717) is 18.5 Å². The van der Waals surface area contributed by atoms with Crippen molar-refractivity contribution in [1.29, 1.82) is 0 Å². The number of halogens is 3. The van der Waals surface area contributed by atoms with Gasteiger partial charge in [-0.1, -0.05) is 6.42 Å². The fourth-order valence-electron chi connectivity index (χ4n) is 4.08. The molecular weight excluding hydrogens is 345 g/mol. The average molecular weight is 368 g/mol. The maximum atomic E-state index is 13.4. The molecule has 0 radical (unpaired) electrons. The zero-order valence-corrected chi connectivity index (χ0v) is 14.9. The van der Waals surface area contributed by atoms with Crippen LogP contribution < -0.4 is 10.2 Å². The fraction of sp³-hybridized carbons (Fsp3) is 0.579. The number of nitrogens with zero attached hydrogens (tertiary/aromatic N) is 1. The first-order valence-corrected chi connectivity index (χ1v) is 8.90. The first-order chi connectivity index (χ1) is 12.2. The van der Waals surface area contributed by atoms with Crippen molar-refractivity contribution in [3.8, 4) is 0 Å². The molecule has 2 bridgehead atoms. The van der Waals surface area contributed by atoms with E-state index in [-0.39, 0.29) is 23.3 Å². The summed E-state index contributed by atoms with van der Waals surface area (Å²) in [6.45, 7) is 0. The summed E-state index contributed by atoms with van der Waals surface area (Å²) in [5.74, 6) is -0.824. The van der Waals surface area contributed by atoms with Crippen molar-refractivity contribution < 1.29 is 22.8 Å². The molecule has 2 saturated carbocycles. The number of Topliss-reactive ketones (excluding diaryl/α,β-unsaturated/α-hetero) is 1. The van der Waals surface area contributed by atoms with Crippen LogP contribution in [0, 0.1) is 17.8 Å². The molecule has 3 rings (SSSR count). The minimum absolute atomic E-state index is 0.114. The van der Waals surface area contributed by atoms with Crippen LogP contribution in [-0.2, 0) is 15.8 Å². The van der Waals surface area contributed by atoms with Crippen LogP contribution in [0.1, 0.15) is 37.7 Å². The van der Waals surface area contributed by atoms with Crippen LogP contribution in [0.3, 0.4) is 0 Å². The molecule has 1 aromatic carbocycles. The number of carbonyl (C=O) groups excluding carboxylic acids is 2. The van der Waals surface area contributed by atoms with E-state index < -0.39 is 23.6 Å². The predicted octanol–water partition coefficient (Wildman–Crippen LogP) is 4.11. The summed E-state index contributed by atoms with van der Waals surface area (Å²) in [5, 5.41) is 2.47. The number of amides is 1. The lowest BCUT2D eigenvalue weighted by molar-refractivity contribution is -0.137. The number of nitrogens with one attached hydrogen (secondary N) is 1. The average Bonchev–Trinajstić information content (AvgIpc) is 2.53. The highest BCUT2D eigenvalue weighted by atomic mass is 19.4. The molecule has 2 aliphatic carbocycles. The number of benzene rings is 1. The molecule has 2 atom stereocenters. The van der Waals surface area contributed by atoms with Crippen LogP contribution in [-0.4, -0.2) is 25.8 Å². The van der Waals surface area contributed by atoms with E-state index in [9.17, 15) is 22.8 Å². The largest absolute Gasteiger partial charge is 0.418 e. The van der Waals surface area contributed by atoms with E-state index in [0.717, 1.165) is 25.3 Å². The summed E-state index contributed by atoms with van der Waals surface area (Å²) >= 11 is 0. The Morgan fingerprint density at radius 3 is 2.31 bits per heavy atom. The number of fused-ring (bicyclic) bond motifs is 2. The Balaban J connectivity index is 1.80. The maximum absolute atomic E-state index is 13.4. The van der Waals surface area contributed by atoms with Gasteiger partial charge >= 0.3 is 6.18 Å². The molecule has 2 aliphatic rings. The van der Waals surface area contributed by atoms with Gasteiger partial charge in [0.1, 0.15) is 5.78 Å². The van der Waals surface area contributed by atoms with Crippen LogP contribution in [0.5, 0.6) is 0 Å². The van der Waals surface area contributed by atoms with Gasteiger partial charge in [-0.2, -0.15) is 13.2 Å². The number of carbonyl (C=O) groups is 2.